The standard InChI is InChI=1S/C28H30F2N2O2/c29-23-8-3-19(4-9-23)18-20-13-16-32(17-14-20)15-1-2-22-7-12-25-26(28(22)33)27(31-34-25)21-5-10-24(30)11-6-21/h3-6,8-12,20,22,31H,1-2,7,13-18H2. The highest BCUT2D eigenvalue weighted by molar-refractivity contribution is 6.08. The number of nitrogens with zero attached hydrogens (tertiary/aromatic N) is 1. The molecule has 4 nitrogen and oxygen atoms in total. The number of fused-ring (bicyclic) bond motifs is 1. The normalized spacial score (nSPS) is 21.2. The van der Waals surface area contributed by atoms with Gasteiger partial charge in [0.15, 0.2) is 11.5 Å². The number of allylic oxidation sites excluding steroid dienone is 2. The molecule has 34 heavy (non-hydrogen) atoms. The fourth-order valence-electron chi connectivity index (χ4n) is 5.28. The number of benzene rings is 2. The van der Waals surface area contributed by atoms with Crippen LogP contribution in [-0.2, 0) is 16.1 Å². The molecule has 2 heterocycles. The molecule has 1 fully saturated rings. The minimum atomic E-state index is -0.309. The molecule has 1 aliphatic carbocycles. The molecule has 0 radical (unpaired) electrons. The van der Waals surface area contributed by atoms with E-state index in [0.717, 1.165) is 57.3 Å². The van der Waals surface area contributed by atoms with Crippen LogP contribution in [-0.4, -0.2) is 30.3 Å². The number of hydrogen-bond acceptors (Lipinski definition) is 4. The van der Waals surface area contributed by atoms with Crippen molar-refractivity contribution in [1.82, 2.24) is 10.4 Å². The minimum Gasteiger partial charge on any atom is -0.382 e. The molecule has 2 aromatic rings. The molecule has 0 spiro atoms. The smallest absolute Gasteiger partial charge is 0.172 e. The molecule has 0 aromatic heterocycles. The number of carbonyl (C=O) groups is 1. The Morgan fingerprint density at radius 3 is 2.35 bits per heavy atom. The number of rotatable bonds is 7. The van der Waals surface area contributed by atoms with Gasteiger partial charge in [0.05, 0.1) is 11.3 Å². The van der Waals surface area contributed by atoms with E-state index in [1.54, 1.807) is 24.3 Å². The first-order chi connectivity index (χ1) is 16.6. The summed E-state index contributed by atoms with van der Waals surface area (Å²) in [5.74, 6) is 0.812. The molecule has 0 bridgehead atoms. The van der Waals surface area contributed by atoms with Crippen molar-refractivity contribution in [2.45, 2.75) is 38.5 Å². The van der Waals surface area contributed by atoms with E-state index >= 15 is 0 Å². The number of nitrogens with one attached hydrogen (secondary N) is 1. The summed E-state index contributed by atoms with van der Waals surface area (Å²) in [5, 5.41) is 0. The van der Waals surface area contributed by atoms with E-state index in [1.807, 2.05) is 18.2 Å². The van der Waals surface area contributed by atoms with Crippen molar-refractivity contribution in [2.24, 2.45) is 11.8 Å². The molecule has 6 heteroatoms. The van der Waals surface area contributed by atoms with Crippen molar-refractivity contribution in [3.8, 4) is 0 Å². The first kappa shape index (κ1) is 22.8. The fourth-order valence-corrected chi connectivity index (χ4v) is 5.28. The maximum atomic E-state index is 13.3. The Kier molecular flexibility index (Phi) is 6.77. The third-order valence-electron chi connectivity index (χ3n) is 7.27. The van der Waals surface area contributed by atoms with Crippen LogP contribution in [0.5, 0.6) is 0 Å². The zero-order chi connectivity index (χ0) is 23.5. The van der Waals surface area contributed by atoms with Gasteiger partial charge in [-0.05, 0) is 112 Å². The van der Waals surface area contributed by atoms with E-state index in [1.165, 1.54) is 17.7 Å². The molecule has 1 atom stereocenters. The van der Waals surface area contributed by atoms with Crippen LogP contribution in [0.1, 0.15) is 43.2 Å². The summed E-state index contributed by atoms with van der Waals surface area (Å²) in [6.45, 7) is 3.15. The van der Waals surface area contributed by atoms with E-state index < -0.39 is 0 Å². The van der Waals surface area contributed by atoms with E-state index in [2.05, 4.69) is 10.4 Å². The van der Waals surface area contributed by atoms with Crippen molar-refractivity contribution in [3.05, 3.63) is 88.7 Å². The number of likely N-dealkylation sites (tertiary alicyclic amines) is 1. The van der Waals surface area contributed by atoms with Gasteiger partial charge in [0.2, 0.25) is 0 Å². The van der Waals surface area contributed by atoms with Crippen LogP contribution in [0.2, 0.25) is 0 Å². The Morgan fingerprint density at radius 1 is 0.971 bits per heavy atom. The highest BCUT2D eigenvalue weighted by atomic mass is 19.1. The summed E-state index contributed by atoms with van der Waals surface area (Å²) < 4.78 is 26.4. The number of ketones is 1. The molecule has 3 aliphatic rings. The van der Waals surface area contributed by atoms with E-state index in [9.17, 15) is 13.6 Å². The van der Waals surface area contributed by atoms with Crippen molar-refractivity contribution in [3.63, 3.8) is 0 Å². The van der Waals surface area contributed by atoms with Crippen molar-refractivity contribution in [2.75, 3.05) is 19.6 Å². The minimum absolute atomic E-state index is 0.0475. The SMILES string of the molecule is O=C1C2=C(c3ccc(F)cc3)NOC2=CCC1CCCN1CCC(Cc2ccc(F)cc2)CC1. The summed E-state index contributed by atoms with van der Waals surface area (Å²) in [7, 11) is 0. The monoisotopic (exact) mass is 464 g/mol. The Morgan fingerprint density at radius 2 is 1.65 bits per heavy atom. The fraction of sp³-hybridized carbons (Fsp3) is 0.393. The average Bonchev–Trinajstić information content (AvgIpc) is 3.29. The molecule has 2 aromatic carbocycles. The second-order valence-electron chi connectivity index (χ2n) is 9.58. The van der Waals surface area contributed by atoms with Crippen molar-refractivity contribution in [1.29, 1.82) is 0 Å². The highest BCUT2D eigenvalue weighted by Gasteiger charge is 2.36. The number of Topliss-reactive ketones (excluding diaryl/α,β-unsaturated/α-hetero) is 1. The quantitative estimate of drug-likeness (QED) is 0.594. The maximum absolute atomic E-state index is 13.3. The number of carbonyl (C=O) groups excluding carboxylic acids is 1. The first-order valence-electron chi connectivity index (χ1n) is 12.2. The van der Waals surface area contributed by atoms with Gasteiger partial charge in [-0.1, -0.05) is 12.1 Å². The second-order valence-corrected chi connectivity index (χ2v) is 9.58. The third-order valence-corrected chi connectivity index (χ3v) is 7.27. The predicted molar refractivity (Wildman–Crippen MR) is 127 cm³/mol. The van der Waals surface area contributed by atoms with Gasteiger partial charge in [-0.2, -0.15) is 0 Å². The van der Waals surface area contributed by atoms with Crippen molar-refractivity contribution >= 4 is 11.5 Å². The lowest BCUT2D eigenvalue weighted by Gasteiger charge is -2.32. The maximum Gasteiger partial charge on any atom is 0.172 e. The zero-order valence-corrected chi connectivity index (χ0v) is 19.2. The lowest BCUT2D eigenvalue weighted by Crippen LogP contribution is -2.35. The Bertz CT molecular complexity index is 1080. The lowest BCUT2D eigenvalue weighted by molar-refractivity contribution is -0.119. The Hall–Kier alpha value is -2.99. The molecule has 0 amide bonds. The Labute approximate surface area is 199 Å². The molecule has 178 valence electrons. The van der Waals surface area contributed by atoms with Gasteiger partial charge in [-0.3, -0.25) is 4.79 Å². The topological polar surface area (TPSA) is 41.6 Å². The molecule has 1 N–H and O–H groups in total. The Balaban J connectivity index is 1.11. The number of hydrogen-bond donors (Lipinski definition) is 1. The molecular formula is C28H30F2N2O2. The largest absolute Gasteiger partial charge is 0.382 e. The summed E-state index contributed by atoms with van der Waals surface area (Å²) in [6.07, 6.45) is 7.84. The number of piperidine rings is 1. The second kappa shape index (κ2) is 10.1. The van der Waals surface area contributed by atoms with Crippen LogP contribution in [0.15, 0.2) is 65.9 Å². The predicted octanol–water partition coefficient (Wildman–Crippen LogP) is 5.42. The van der Waals surface area contributed by atoms with Crippen LogP contribution >= 0.6 is 0 Å². The molecule has 5 rings (SSSR count). The van der Waals surface area contributed by atoms with Crippen LogP contribution in [0.4, 0.5) is 8.78 Å². The van der Waals surface area contributed by atoms with Gasteiger partial charge in [-0.25, -0.2) is 14.3 Å². The summed E-state index contributed by atoms with van der Waals surface area (Å²) in [5.41, 5.74) is 6.03. The van der Waals surface area contributed by atoms with Crippen LogP contribution < -0.4 is 5.48 Å². The number of halogens is 2. The van der Waals surface area contributed by atoms with Gasteiger partial charge >= 0.3 is 0 Å². The van der Waals surface area contributed by atoms with Gasteiger partial charge < -0.3 is 9.74 Å². The third kappa shape index (κ3) is 5.07. The van der Waals surface area contributed by atoms with Crippen LogP contribution in [0.25, 0.3) is 5.70 Å². The summed E-state index contributed by atoms with van der Waals surface area (Å²) in [6, 6.07) is 13.0. The van der Waals surface area contributed by atoms with E-state index in [0.29, 0.717) is 29.4 Å². The molecular weight excluding hydrogens is 434 g/mol. The first-order valence-corrected chi connectivity index (χ1v) is 12.2. The van der Waals surface area contributed by atoms with Gasteiger partial charge in [0, 0.05) is 11.5 Å². The molecule has 2 aliphatic heterocycles. The van der Waals surface area contributed by atoms with Gasteiger partial charge in [0.25, 0.3) is 0 Å². The summed E-state index contributed by atoms with van der Waals surface area (Å²) >= 11 is 0. The van der Waals surface area contributed by atoms with E-state index in [4.69, 9.17) is 4.84 Å². The lowest BCUT2D eigenvalue weighted by atomic mass is 9.83. The zero-order valence-electron chi connectivity index (χ0n) is 19.2. The van der Waals surface area contributed by atoms with Gasteiger partial charge in [0.1, 0.15) is 11.6 Å². The highest BCUT2D eigenvalue weighted by Crippen LogP contribution is 2.37. The van der Waals surface area contributed by atoms with Crippen LogP contribution in [0.3, 0.4) is 0 Å². The molecule has 0 saturated carbocycles. The van der Waals surface area contributed by atoms with Gasteiger partial charge in [-0.15, -0.1) is 0 Å². The average molecular weight is 465 g/mol. The summed E-state index contributed by atoms with van der Waals surface area (Å²) in [4.78, 5) is 21.3. The van der Waals surface area contributed by atoms with Crippen LogP contribution in [0, 0.1) is 23.5 Å². The number of hydroxylamine groups is 1. The molecule has 1 saturated heterocycles. The van der Waals surface area contributed by atoms with E-state index in [-0.39, 0.29) is 23.3 Å². The molecule has 1 unspecified atom stereocenters. The van der Waals surface area contributed by atoms with Crippen molar-refractivity contribution < 1.29 is 18.4 Å².